The molecule has 1 amide bonds. The molecule has 132 valence electrons. The lowest BCUT2D eigenvalue weighted by Crippen LogP contribution is -2.43. The summed E-state index contributed by atoms with van der Waals surface area (Å²) in [6.45, 7) is 0.320. The molecule has 0 radical (unpaired) electrons. The number of hydrogen-bond acceptors (Lipinski definition) is 4. The van der Waals surface area contributed by atoms with Crippen LogP contribution in [0.15, 0.2) is 41.5 Å². The van der Waals surface area contributed by atoms with E-state index in [0.717, 1.165) is 11.4 Å². The zero-order chi connectivity index (χ0) is 17.7. The van der Waals surface area contributed by atoms with Crippen molar-refractivity contribution in [3.05, 3.63) is 53.5 Å². The molecule has 0 aromatic carbocycles. The van der Waals surface area contributed by atoms with Gasteiger partial charge in [-0.05, 0) is 49.5 Å². The van der Waals surface area contributed by atoms with E-state index in [4.69, 9.17) is 10.8 Å². The van der Waals surface area contributed by atoms with E-state index in [0.29, 0.717) is 18.4 Å². The lowest BCUT2D eigenvalue weighted by atomic mass is 9.79. The molecule has 2 aromatic heterocycles. The minimum atomic E-state index is -0.914. The molecule has 6 nitrogen and oxygen atoms in total. The van der Waals surface area contributed by atoms with Crippen LogP contribution in [0, 0.1) is 0 Å². The van der Waals surface area contributed by atoms with Crippen LogP contribution in [0.1, 0.15) is 54.5 Å². The SMILES string of the molecule is NC(=O)C1(c2ccc(-n3nc(C4CC4)cc3C3CC3)nc2)C=CC=NC1. The number of carbonyl (C=O) groups is 1. The zero-order valence-electron chi connectivity index (χ0n) is 14.5. The quantitative estimate of drug-likeness (QED) is 0.901. The molecule has 6 heteroatoms. The average molecular weight is 347 g/mol. The molecule has 3 aliphatic rings. The summed E-state index contributed by atoms with van der Waals surface area (Å²) >= 11 is 0. The minimum Gasteiger partial charge on any atom is -0.369 e. The number of primary amides is 1. The number of rotatable bonds is 5. The summed E-state index contributed by atoms with van der Waals surface area (Å²) in [6, 6.07) is 6.11. The van der Waals surface area contributed by atoms with Crippen LogP contribution in [0.4, 0.5) is 0 Å². The Morgan fingerprint density at radius 2 is 2.00 bits per heavy atom. The first-order valence-electron chi connectivity index (χ1n) is 9.22. The number of nitrogens with zero attached hydrogens (tertiary/aromatic N) is 4. The van der Waals surface area contributed by atoms with E-state index in [9.17, 15) is 4.79 Å². The van der Waals surface area contributed by atoms with Gasteiger partial charge in [0.25, 0.3) is 0 Å². The third kappa shape index (κ3) is 2.48. The maximum Gasteiger partial charge on any atom is 0.233 e. The van der Waals surface area contributed by atoms with Crippen molar-refractivity contribution in [2.24, 2.45) is 10.7 Å². The fourth-order valence-electron chi connectivity index (χ4n) is 3.63. The molecule has 0 bridgehead atoms. The summed E-state index contributed by atoms with van der Waals surface area (Å²) < 4.78 is 1.99. The smallest absolute Gasteiger partial charge is 0.233 e. The van der Waals surface area contributed by atoms with Gasteiger partial charge in [-0.3, -0.25) is 9.79 Å². The largest absolute Gasteiger partial charge is 0.369 e. The summed E-state index contributed by atoms with van der Waals surface area (Å²) in [5.41, 5.74) is 8.00. The van der Waals surface area contributed by atoms with Gasteiger partial charge < -0.3 is 5.73 Å². The van der Waals surface area contributed by atoms with Crippen LogP contribution < -0.4 is 5.73 Å². The van der Waals surface area contributed by atoms with Crippen LogP contribution >= 0.6 is 0 Å². The number of aromatic nitrogens is 3. The van der Waals surface area contributed by atoms with Gasteiger partial charge in [-0.1, -0.05) is 12.1 Å². The predicted octanol–water partition coefficient (Wildman–Crippen LogP) is 2.39. The fraction of sp³-hybridized carbons (Fsp3) is 0.400. The van der Waals surface area contributed by atoms with E-state index in [1.54, 1.807) is 18.5 Å². The van der Waals surface area contributed by atoms with E-state index in [2.05, 4.69) is 16.0 Å². The molecule has 2 N–H and O–H groups in total. The van der Waals surface area contributed by atoms with Gasteiger partial charge in [0.15, 0.2) is 5.82 Å². The first kappa shape index (κ1) is 15.5. The molecule has 5 rings (SSSR count). The Morgan fingerprint density at radius 1 is 1.19 bits per heavy atom. The van der Waals surface area contributed by atoms with Crippen molar-refractivity contribution in [3.8, 4) is 5.82 Å². The third-order valence-electron chi connectivity index (χ3n) is 5.58. The lowest BCUT2D eigenvalue weighted by molar-refractivity contribution is -0.121. The Bertz CT molecular complexity index is 918. The molecule has 1 unspecified atom stereocenters. The second kappa shape index (κ2) is 5.62. The number of carbonyl (C=O) groups excluding carboxylic acids is 1. The van der Waals surface area contributed by atoms with Crippen LogP contribution in [0.25, 0.3) is 5.82 Å². The zero-order valence-corrected chi connectivity index (χ0v) is 14.5. The lowest BCUT2D eigenvalue weighted by Gasteiger charge is -2.27. The summed E-state index contributed by atoms with van der Waals surface area (Å²) in [5.74, 6) is 1.61. The molecule has 2 fully saturated rings. The molecule has 26 heavy (non-hydrogen) atoms. The summed E-state index contributed by atoms with van der Waals surface area (Å²) in [7, 11) is 0. The highest BCUT2D eigenvalue weighted by Gasteiger charge is 2.37. The van der Waals surface area contributed by atoms with Gasteiger partial charge in [-0.25, -0.2) is 9.67 Å². The molecule has 2 aromatic rings. The van der Waals surface area contributed by atoms with E-state index in [-0.39, 0.29) is 0 Å². The van der Waals surface area contributed by atoms with Crippen LogP contribution in [0.5, 0.6) is 0 Å². The van der Waals surface area contributed by atoms with Crippen molar-refractivity contribution >= 4 is 12.1 Å². The van der Waals surface area contributed by atoms with Gasteiger partial charge in [0.05, 0.1) is 12.2 Å². The molecule has 0 spiro atoms. The molecule has 0 saturated heterocycles. The second-order valence-corrected chi connectivity index (χ2v) is 7.54. The van der Waals surface area contributed by atoms with Gasteiger partial charge in [0, 0.05) is 29.9 Å². The van der Waals surface area contributed by atoms with E-state index in [1.165, 1.54) is 37.1 Å². The molecule has 1 aliphatic heterocycles. The number of amides is 1. The standard InChI is InChI=1S/C20H21N5O/c21-19(26)20(8-1-9-22-12-20)15-6-7-18(23-11-15)25-17(14-4-5-14)10-16(24-25)13-2-3-13/h1,6-11,13-14H,2-5,12H2,(H2,21,26). The number of allylic oxidation sites excluding steroid dienone is 1. The van der Waals surface area contributed by atoms with Gasteiger partial charge >= 0.3 is 0 Å². The molecule has 2 aliphatic carbocycles. The van der Waals surface area contributed by atoms with E-state index in [1.807, 2.05) is 22.9 Å². The number of hydrogen-bond donors (Lipinski definition) is 1. The molecule has 2 saturated carbocycles. The van der Waals surface area contributed by atoms with Crippen LogP contribution in [0.3, 0.4) is 0 Å². The van der Waals surface area contributed by atoms with Gasteiger partial charge in [-0.15, -0.1) is 0 Å². The topological polar surface area (TPSA) is 86.2 Å². The Hall–Kier alpha value is -2.76. The van der Waals surface area contributed by atoms with Gasteiger partial charge in [-0.2, -0.15) is 5.10 Å². The van der Waals surface area contributed by atoms with Crippen molar-refractivity contribution in [2.45, 2.75) is 42.9 Å². The number of dihydropyridines is 1. The molecule has 1 atom stereocenters. The Balaban J connectivity index is 1.51. The summed E-state index contributed by atoms with van der Waals surface area (Å²) in [5, 5.41) is 4.82. The highest BCUT2D eigenvalue weighted by molar-refractivity contribution is 5.92. The first-order chi connectivity index (χ1) is 12.7. The Kier molecular flexibility index (Phi) is 3.35. The minimum absolute atomic E-state index is 0.320. The van der Waals surface area contributed by atoms with Crippen LogP contribution in [0.2, 0.25) is 0 Å². The van der Waals surface area contributed by atoms with Crippen molar-refractivity contribution < 1.29 is 4.79 Å². The van der Waals surface area contributed by atoms with Crippen LogP contribution in [-0.4, -0.2) is 33.4 Å². The highest BCUT2D eigenvalue weighted by atomic mass is 16.1. The fourth-order valence-corrected chi connectivity index (χ4v) is 3.63. The number of nitrogens with two attached hydrogens (primary N) is 1. The third-order valence-corrected chi connectivity index (χ3v) is 5.58. The number of aliphatic imine (C=N–C) groups is 1. The number of pyridine rings is 1. The Morgan fingerprint density at radius 3 is 2.58 bits per heavy atom. The van der Waals surface area contributed by atoms with Gasteiger partial charge in [0.2, 0.25) is 5.91 Å². The molecule has 3 heterocycles. The molecular formula is C20H21N5O. The Labute approximate surface area is 151 Å². The average Bonchev–Trinajstić information content (AvgIpc) is 3.61. The molecular weight excluding hydrogens is 326 g/mol. The van der Waals surface area contributed by atoms with Crippen molar-refractivity contribution in [2.75, 3.05) is 6.54 Å². The second-order valence-electron chi connectivity index (χ2n) is 7.54. The monoisotopic (exact) mass is 347 g/mol. The maximum absolute atomic E-state index is 12.1. The maximum atomic E-state index is 12.1. The van der Waals surface area contributed by atoms with Crippen molar-refractivity contribution in [1.82, 2.24) is 14.8 Å². The van der Waals surface area contributed by atoms with E-state index < -0.39 is 11.3 Å². The highest BCUT2D eigenvalue weighted by Crippen LogP contribution is 2.45. The summed E-state index contributed by atoms with van der Waals surface area (Å²) in [4.78, 5) is 21.0. The predicted molar refractivity (Wildman–Crippen MR) is 98.7 cm³/mol. The van der Waals surface area contributed by atoms with Gasteiger partial charge in [0.1, 0.15) is 5.41 Å². The first-order valence-corrected chi connectivity index (χ1v) is 9.22. The summed E-state index contributed by atoms with van der Waals surface area (Å²) in [6.07, 6.45) is 11.9. The van der Waals surface area contributed by atoms with Crippen molar-refractivity contribution in [3.63, 3.8) is 0 Å². The van der Waals surface area contributed by atoms with Crippen molar-refractivity contribution in [1.29, 1.82) is 0 Å². The normalized spacial score (nSPS) is 24.8. The van der Waals surface area contributed by atoms with Crippen LogP contribution in [-0.2, 0) is 10.2 Å². The van der Waals surface area contributed by atoms with E-state index >= 15 is 0 Å².